The first-order valence-electron chi connectivity index (χ1n) is 7.80. The Morgan fingerprint density at radius 2 is 2.00 bits per heavy atom. The van der Waals surface area contributed by atoms with Crippen molar-refractivity contribution in [2.24, 2.45) is 0 Å². The van der Waals surface area contributed by atoms with Crippen LogP contribution in [0.3, 0.4) is 0 Å². The van der Waals surface area contributed by atoms with Crippen LogP contribution in [-0.4, -0.2) is 27.6 Å². The van der Waals surface area contributed by atoms with Crippen molar-refractivity contribution in [2.45, 2.75) is 26.2 Å². The van der Waals surface area contributed by atoms with Crippen LogP contribution in [0.4, 0.5) is 5.69 Å². The third-order valence-corrected chi connectivity index (χ3v) is 4.03. The van der Waals surface area contributed by atoms with Gasteiger partial charge in [-0.2, -0.15) is 5.10 Å². The first-order chi connectivity index (χ1) is 11.8. The highest BCUT2D eigenvalue weighted by molar-refractivity contribution is 6.32. The predicted octanol–water partition coefficient (Wildman–Crippen LogP) is 3.94. The monoisotopic (exact) mass is 358 g/mol. The Morgan fingerprint density at radius 3 is 2.64 bits per heavy atom. The van der Waals surface area contributed by atoms with Gasteiger partial charge in [0.05, 0.1) is 24.0 Å². The molecule has 1 N–H and O–H groups in total. The minimum absolute atomic E-state index is 0.0873. The standard InChI is InChI=1S/C18H19ClN4O2/c1-18(2,3)15-10-23-16(21-15)8-6-13(22-23)17(24)20-11-5-7-14(25-4)12(19)9-11/h5-10H,1-4H3,(H,20,24). The van der Waals surface area contributed by atoms with Crippen LogP contribution in [0.2, 0.25) is 5.02 Å². The third-order valence-electron chi connectivity index (χ3n) is 3.73. The maximum atomic E-state index is 12.4. The van der Waals surface area contributed by atoms with Crippen molar-refractivity contribution in [1.29, 1.82) is 0 Å². The summed E-state index contributed by atoms with van der Waals surface area (Å²) in [6.07, 6.45) is 1.84. The molecular weight excluding hydrogens is 340 g/mol. The van der Waals surface area contributed by atoms with E-state index in [9.17, 15) is 4.79 Å². The number of hydrogen-bond acceptors (Lipinski definition) is 4. The third kappa shape index (κ3) is 3.58. The van der Waals surface area contributed by atoms with Crippen LogP contribution in [0, 0.1) is 0 Å². The fourth-order valence-corrected chi connectivity index (χ4v) is 2.56. The van der Waals surface area contributed by atoms with Gasteiger partial charge in [-0.15, -0.1) is 0 Å². The second-order valence-electron chi connectivity index (χ2n) is 6.70. The number of methoxy groups -OCH3 is 1. The zero-order valence-corrected chi connectivity index (χ0v) is 15.3. The summed E-state index contributed by atoms with van der Waals surface area (Å²) in [5.41, 5.74) is 2.39. The number of nitrogens with one attached hydrogen (secondary N) is 1. The normalized spacial score (nSPS) is 11.6. The van der Waals surface area contributed by atoms with Crippen molar-refractivity contribution in [3.63, 3.8) is 0 Å². The molecule has 0 aliphatic carbocycles. The van der Waals surface area contributed by atoms with Crippen LogP contribution in [-0.2, 0) is 5.41 Å². The molecule has 3 rings (SSSR count). The first-order valence-corrected chi connectivity index (χ1v) is 8.17. The van der Waals surface area contributed by atoms with Gasteiger partial charge in [-0.05, 0) is 30.3 Å². The van der Waals surface area contributed by atoms with Gasteiger partial charge in [0.2, 0.25) is 0 Å². The highest BCUT2D eigenvalue weighted by Crippen LogP contribution is 2.27. The summed E-state index contributed by atoms with van der Waals surface area (Å²) in [6, 6.07) is 8.47. The molecule has 0 saturated carbocycles. The molecule has 0 atom stereocenters. The van der Waals surface area contributed by atoms with Crippen LogP contribution in [0.15, 0.2) is 36.5 Å². The molecule has 7 heteroatoms. The van der Waals surface area contributed by atoms with E-state index in [4.69, 9.17) is 16.3 Å². The van der Waals surface area contributed by atoms with Gasteiger partial charge in [-0.1, -0.05) is 32.4 Å². The lowest BCUT2D eigenvalue weighted by Gasteiger charge is -2.13. The molecule has 2 aromatic heterocycles. The van der Waals surface area contributed by atoms with Crippen molar-refractivity contribution in [1.82, 2.24) is 14.6 Å². The highest BCUT2D eigenvalue weighted by atomic mass is 35.5. The largest absolute Gasteiger partial charge is 0.495 e. The zero-order valence-electron chi connectivity index (χ0n) is 14.5. The molecule has 0 fully saturated rings. The molecule has 1 amide bonds. The topological polar surface area (TPSA) is 68.5 Å². The number of ether oxygens (including phenoxy) is 1. The van der Waals surface area contributed by atoms with E-state index in [2.05, 4.69) is 36.2 Å². The number of imidazole rings is 1. The zero-order chi connectivity index (χ0) is 18.2. The van der Waals surface area contributed by atoms with Gasteiger partial charge in [0, 0.05) is 11.1 Å². The van der Waals surface area contributed by atoms with Gasteiger partial charge in [-0.3, -0.25) is 4.79 Å². The fourth-order valence-electron chi connectivity index (χ4n) is 2.30. The number of anilines is 1. The fraction of sp³-hybridized carbons (Fsp3) is 0.278. The minimum Gasteiger partial charge on any atom is -0.495 e. The van der Waals surface area contributed by atoms with Gasteiger partial charge in [0.25, 0.3) is 5.91 Å². The van der Waals surface area contributed by atoms with E-state index >= 15 is 0 Å². The molecule has 0 unspecified atom stereocenters. The van der Waals surface area contributed by atoms with Gasteiger partial charge < -0.3 is 10.1 Å². The molecule has 0 saturated heterocycles. The smallest absolute Gasteiger partial charge is 0.276 e. The van der Waals surface area contributed by atoms with Gasteiger partial charge in [0.1, 0.15) is 11.4 Å². The molecule has 2 heterocycles. The summed E-state index contributed by atoms with van der Waals surface area (Å²) in [5.74, 6) is 0.224. The number of carbonyl (C=O) groups is 1. The molecule has 0 radical (unpaired) electrons. The van der Waals surface area contributed by atoms with E-state index in [-0.39, 0.29) is 17.0 Å². The van der Waals surface area contributed by atoms with Crippen molar-refractivity contribution < 1.29 is 9.53 Å². The molecular formula is C18H19ClN4O2. The van der Waals surface area contributed by atoms with Crippen LogP contribution in [0.1, 0.15) is 37.0 Å². The lowest BCUT2D eigenvalue weighted by Crippen LogP contribution is -2.15. The summed E-state index contributed by atoms with van der Waals surface area (Å²) in [4.78, 5) is 17.0. The number of hydrogen-bond donors (Lipinski definition) is 1. The summed E-state index contributed by atoms with van der Waals surface area (Å²) in [5, 5.41) is 7.55. The molecule has 130 valence electrons. The quantitative estimate of drug-likeness (QED) is 0.770. The van der Waals surface area contributed by atoms with Crippen molar-refractivity contribution in [3.05, 3.63) is 52.9 Å². The first kappa shape index (κ1) is 17.2. The minimum atomic E-state index is -0.325. The Bertz CT molecular complexity index is 944. The number of aromatic nitrogens is 3. The average molecular weight is 359 g/mol. The van der Waals surface area contributed by atoms with E-state index in [1.54, 1.807) is 34.8 Å². The van der Waals surface area contributed by atoms with Crippen LogP contribution in [0.25, 0.3) is 5.65 Å². The Morgan fingerprint density at radius 1 is 1.24 bits per heavy atom. The average Bonchev–Trinajstić information content (AvgIpc) is 2.98. The van der Waals surface area contributed by atoms with Crippen molar-refractivity contribution in [2.75, 3.05) is 12.4 Å². The van der Waals surface area contributed by atoms with Gasteiger partial charge in [0.15, 0.2) is 5.65 Å². The molecule has 3 aromatic rings. The molecule has 0 aliphatic heterocycles. The molecule has 0 aliphatic rings. The number of carbonyl (C=O) groups excluding carboxylic acids is 1. The van der Waals surface area contributed by atoms with Crippen molar-refractivity contribution in [3.8, 4) is 5.75 Å². The van der Waals surface area contributed by atoms with Crippen LogP contribution < -0.4 is 10.1 Å². The summed E-state index contributed by atoms with van der Waals surface area (Å²) < 4.78 is 6.72. The van der Waals surface area contributed by atoms with E-state index in [0.717, 1.165) is 5.69 Å². The molecule has 0 bridgehead atoms. The van der Waals surface area contributed by atoms with Gasteiger partial charge in [-0.25, -0.2) is 9.50 Å². The van der Waals surface area contributed by atoms with E-state index < -0.39 is 0 Å². The summed E-state index contributed by atoms with van der Waals surface area (Å²) in [6.45, 7) is 6.24. The lowest BCUT2D eigenvalue weighted by atomic mass is 9.93. The summed E-state index contributed by atoms with van der Waals surface area (Å²) in [7, 11) is 1.54. The number of halogens is 1. The highest BCUT2D eigenvalue weighted by Gasteiger charge is 2.19. The Hall–Kier alpha value is -2.60. The Labute approximate surface area is 150 Å². The van der Waals surface area contributed by atoms with E-state index in [1.807, 2.05) is 6.20 Å². The maximum Gasteiger partial charge on any atom is 0.276 e. The van der Waals surface area contributed by atoms with E-state index in [1.165, 1.54) is 7.11 Å². The molecule has 1 aromatic carbocycles. The van der Waals surface area contributed by atoms with E-state index in [0.29, 0.717) is 22.1 Å². The number of rotatable bonds is 3. The lowest BCUT2D eigenvalue weighted by molar-refractivity contribution is 0.102. The Kier molecular flexibility index (Phi) is 4.39. The molecule has 25 heavy (non-hydrogen) atoms. The Balaban J connectivity index is 1.85. The number of fused-ring (bicyclic) bond motifs is 1. The SMILES string of the molecule is COc1ccc(NC(=O)c2ccc3nc(C(C)(C)C)cn3n2)cc1Cl. The maximum absolute atomic E-state index is 12.4. The summed E-state index contributed by atoms with van der Waals surface area (Å²) >= 11 is 6.08. The molecule has 6 nitrogen and oxygen atoms in total. The van der Waals surface area contributed by atoms with Crippen molar-refractivity contribution >= 4 is 28.8 Å². The predicted molar refractivity (Wildman–Crippen MR) is 97.6 cm³/mol. The second-order valence-corrected chi connectivity index (χ2v) is 7.11. The number of nitrogens with zero attached hydrogens (tertiary/aromatic N) is 3. The van der Waals surface area contributed by atoms with Crippen LogP contribution in [0.5, 0.6) is 5.75 Å². The molecule has 0 spiro atoms. The van der Waals surface area contributed by atoms with Crippen LogP contribution >= 0.6 is 11.6 Å². The van der Waals surface area contributed by atoms with Gasteiger partial charge >= 0.3 is 0 Å². The number of benzene rings is 1. The second kappa shape index (κ2) is 6.37. The number of amides is 1.